The molecule has 5 aromatic rings. The molecule has 52 heavy (non-hydrogen) atoms. The lowest BCUT2D eigenvalue weighted by Crippen LogP contribution is -2.49. The molecule has 1 saturated heterocycles. The summed E-state index contributed by atoms with van der Waals surface area (Å²) in [6.07, 6.45) is 1.40. The van der Waals surface area contributed by atoms with E-state index in [4.69, 9.17) is 14.5 Å². The van der Waals surface area contributed by atoms with Gasteiger partial charge in [-0.05, 0) is 93.6 Å². The molecule has 3 heterocycles. The molecule has 1 fully saturated rings. The summed E-state index contributed by atoms with van der Waals surface area (Å²) in [7, 11) is 0. The number of carbonyl (C=O) groups is 2. The van der Waals surface area contributed by atoms with Gasteiger partial charge in [0.1, 0.15) is 40.7 Å². The van der Waals surface area contributed by atoms with Crippen molar-refractivity contribution < 1.29 is 36.6 Å². The number of nitrogens with zero attached hydrogens (tertiary/aromatic N) is 3. The van der Waals surface area contributed by atoms with Crippen LogP contribution in [-0.2, 0) is 20.7 Å². The molecule has 0 radical (unpaired) electrons. The maximum atomic E-state index is 15.3. The van der Waals surface area contributed by atoms with Crippen LogP contribution in [0.1, 0.15) is 73.7 Å². The predicted molar refractivity (Wildman–Crippen MR) is 187 cm³/mol. The highest BCUT2D eigenvalue weighted by atomic mass is 19.1. The predicted octanol–water partition coefficient (Wildman–Crippen LogP) is 8.29. The lowest BCUT2D eigenvalue weighted by Gasteiger charge is -2.39. The van der Waals surface area contributed by atoms with E-state index < -0.39 is 58.9 Å². The molecule has 3 aromatic carbocycles. The Hall–Kier alpha value is -5.30. The number of pyridine rings is 1. The third kappa shape index (κ3) is 8.76. The van der Waals surface area contributed by atoms with Crippen LogP contribution in [0.25, 0.3) is 11.0 Å². The molecule has 9 nitrogen and oxygen atoms in total. The van der Waals surface area contributed by atoms with Crippen LogP contribution in [-0.4, -0.2) is 56.7 Å². The van der Waals surface area contributed by atoms with Gasteiger partial charge in [0.05, 0.1) is 48.4 Å². The Morgan fingerprint density at radius 2 is 1.71 bits per heavy atom. The number of aromatic amines is 1. The molecule has 3 atom stereocenters. The number of H-pyrrole nitrogens is 1. The Morgan fingerprint density at radius 1 is 0.981 bits per heavy atom. The molecule has 0 saturated carbocycles. The van der Waals surface area contributed by atoms with Gasteiger partial charge in [0.15, 0.2) is 0 Å². The third-order valence-corrected chi connectivity index (χ3v) is 8.81. The van der Waals surface area contributed by atoms with Crippen LogP contribution in [0.4, 0.5) is 28.0 Å². The van der Waals surface area contributed by atoms with Crippen molar-refractivity contribution in [2.24, 2.45) is 0 Å². The fraction of sp³-hybridized carbons (Fsp3) is 0.333. The number of imidazole rings is 1. The first-order chi connectivity index (χ1) is 24.7. The minimum Gasteiger partial charge on any atom is -0.444 e. The van der Waals surface area contributed by atoms with E-state index in [0.717, 1.165) is 41.0 Å². The zero-order chi connectivity index (χ0) is 37.2. The zero-order valence-electron chi connectivity index (χ0n) is 29.2. The van der Waals surface area contributed by atoms with Crippen LogP contribution >= 0.6 is 0 Å². The highest BCUT2D eigenvalue weighted by molar-refractivity contribution is 5.92. The highest BCUT2D eigenvalue weighted by Crippen LogP contribution is 2.33. The van der Waals surface area contributed by atoms with Gasteiger partial charge < -0.3 is 19.8 Å². The van der Waals surface area contributed by atoms with Crippen molar-refractivity contribution >= 4 is 28.7 Å². The van der Waals surface area contributed by atoms with E-state index >= 15 is 4.39 Å². The largest absolute Gasteiger partial charge is 0.444 e. The molecule has 13 heteroatoms. The molecule has 6 rings (SSSR count). The minimum atomic E-state index is -0.839. The van der Waals surface area contributed by atoms with E-state index in [1.807, 2.05) is 25.1 Å². The minimum absolute atomic E-state index is 0.108. The maximum absolute atomic E-state index is 15.3. The van der Waals surface area contributed by atoms with Crippen molar-refractivity contribution in [2.75, 3.05) is 18.5 Å². The summed E-state index contributed by atoms with van der Waals surface area (Å²) in [6.45, 7) is 7.56. The van der Waals surface area contributed by atoms with Gasteiger partial charge in [0, 0.05) is 24.0 Å². The van der Waals surface area contributed by atoms with Crippen molar-refractivity contribution in [1.29, 1.82) is 0 Å². The monoisotopic (exact) mass is 717 g/mol. The van der Waals surface area contributed by atoms with Crippen LogP contribution in [0.15, 0.2) is 73.1 Å². The molecule has 2 N–H and O–H groups in total. The number of nitrogens with one attached hydrogen (secondary N) is 2. The lowest BCUT2D eigenvalue weighted by atomic mass is 9.88. The second kappa shape index (κ2) is 15.1. The summed E-state index contributed by atoms with van der Waals surface area (Å²) in [5, 5.41) is 2.71. The normalized spacial score (nSPS) is 16.9. The molecular weight excluding hydrogens is 678 g/mol. The molecule has 1 aliphatic heterocycles. The Labute approximate surface area is 298 Å². The first-order valence-electron chi connectivity index (χ1n) is 16.9. The molecule has 1 aliphatic rings. The number of anilines is 1. The van der Waals surface area contributed by atoms with Gasteiger partial charge in [0.2, 0.25) is 5.91 Å². The molecule has 0 aliphatic carbocycles. The molecule has 272 valence electrons. The second-order valence-corrected chi connectivity index (χ2v) is 14.0. The number of hydrogen-bond donors (Lipinski definition) is 2. The molecule has 2 amide bonds. The van der Waals surface area contributed by atoms with Crippen molar-refractivity contribution in [2.45, 2.75) is 70.6 Å². The van der Waals surface area contributed by atoms with Crippen LogP contribution in [0, 0.1) is 30.2 Å². The van der Waals surface area contributed by atoms with E-state index in [9.17, 15) is 22.8 Å². The second-order valence-electron chi connectivity index (χ2n) is 14.0. The number of hydrogen-bond acceptors (Lipinski definition) is 6. The molecule has 0 bridgehead atoms. The van der Waals surface area contributed by atoms with Gasteiger partial charge in [-0.3, -0.25) is 14.7 Å². The van der Waals surface area contributed by atoms with Crippen molar-refractivity contribution in [1.82, 2.24) is 19.9 Å². The molecule has 0 spiro atoms. The van der Waals surface area contributed by atoms with E-state index in [-0.39, 0.29) is 49.2 Å². The number of rotatable bonds is 9. The standard InChI is InChI=1S/C39H39F4N5O4/c1-22-5-12-32-33(13-22)47-37(46-32)35-21-51-28(20-48(35)38(50)52-39(2,3)4)10-11-29-31(43)18-44-19-34(29)45-36(49)17-30(23-6-8-25(40)9-7-23)24-14-26(41)16-27(42)15-24/h5-9,12-16,18-19,28,30,35H,10-11,17,20-21H2,1-4H3,(H,45,49)(H,46,47). The van der Waals surface area contributed by atoms with Crippen molar-refractivity contribution in [3.05, 3.63) is 124 Å². The first-order valence-corrected chi connectivity index (χ1v) is 16.9. The molecule has 2 aromatic heterocycles. The summed E-state index contributed by atoms with van der Waals surface area (Å²) >= 11 is 0. The first kappa shape index (κ1) is 36.5. The van der Waals surface area contributed by atoms with E-state index in [1.54, 1.807) is 25.7 Å². The van der Waals surface area contributed by atoms with Crippen LogP contribution in [0.5, 0.6) is 0 Å². The molecule has 3 unspecified atom stereocenters. The number of amides is 2. The number of carbonyl (C=O) groups excluding carboxylic acids is 2. The highest BCUT2D eigenvalue weighted by Gasteiger charge is 2.37. The van der Waals surface area contributed by atoms with Crippen LogP contribution in [0.3, 0.4) is 0 Å². The van der Waals surface area contributed by atoms with Crippen molar-refractivity contribution in [3.8, 4) is 0 Å². The Bertz CT molecular complexity index is 2060. The SMILES string of the molecule is Cc1ccc2nc(C3COC(CCc4c(F)cncc4NC(=O)CC(c4ccc(F)cc4)c4cc(F)cc(F)c4)CN3C(=O)OC(C)(C)C)[nH]c2c1. The average Bonchev–Trinajstić information content (AvgIpc) is 3.49. The average molecular weight is 718 g/mol. The van der Waals surface area contributed by atoms with Crippen molar-refractivity contribution in [3.63, 3.8) is 0 Å². The van der Waals surface area contributed by atoms with Gasteiger partial charge in [-0.1, -0.05) is 18.2 Å². The molecular formula is C39H39F4N5O4. The van der Waals surface area contributed by atoms with E-state index in [2.05, 4.69) is 15.3 Å². The number of fused-ring (bicyclic) bond motifs is 1. The van der Waals surface area contributed by atoms with Gasteiger partial charge >= 0.3 is 6.09 Å². The topological polar surface area (TPSA) is 109 Å². The number of benzene rings is 3. The fourth-order valence-electron chi connectivity index (χ4n) is 6.36. The Kier molecular flexibility index (Phi) is 10.6. The van der Waals surface area contributed by atoms with Gasteiger partial charge in [-0.25, -0.2) is 27.3 Å². The number of ether oxygens (including phenoxy) is 2. The number of aromatic nitrogens is 3. The number of morpholine rings is 1. The lowest BCUT2D eigenvalue weighted by molar-refractivity contribution is -0.116. The van der Waals surface area contributed by atoms with Gasteiger partial charge in [-0.2, -0.15) is 0 Å². The summed E-state index contributed by atoms with van der Waals surface area (Å²) in [6, 6.07) is 13.5. The smallest absolute Gasteiger partial charge is 0.411 e. The van der Waals surface area contributed by atoms with Gasteiger partial charge in [0.25, 0.3) is 0 Å². The summed E-state index contributed by atoms with van der Waals surface area (Å²) in [5.41, 5.74) is 2.80. The van der Waals surface area contributed by atoms with E-state index in [0.29, 0.717) is 11.4 Å². The van der Waals surface area contributed by atoms with E-state index in [1.165, 1.54) is 30.5 Å². The third-order valence-electron chi connectivity index (χ3n) is 8.81. The quantitative estimate of drug-likeness (QED) is 0.149. The summed E-state index contributed by atoms with van der Waals surface area (Å²) in [4.78, 5) is 40.4. The summed E-state index contributed by atoms with van der Waals surface area (Å²) < 4.78 is 69.4. The van der Waals surface area contributed by atoms with Crippen LogP contribution < -0.4 is 5.32 Å². The zero-order valence-corrected chi connectivity index (χ0v) is 29.2. The summed E-state index contributed by atoms with van der Waals surface area (Å²) in [5.74, 6) is -3.69. The van der Waals surface area contributed by atoms with Crippen LogP contribution in [0.2, 0.25) is 0 Å². The Balaban J connectivity index is 1.18. The fourth-order valence-corrected chi connectivity index (χ4v) is 6.36. The number of aryl methyl sites for hydroxylation is 1. The Morgan fingerprint density at radius 3 is 2.42 bits per heavy atom. The van der Waals surface area contributed by atoms with Gasteiger partial charge in [-0.15, -0.1) is 0 Å². The maximum Gasteiger partial charge on any atom is 0.411 e. The number of halogens is 4.